The minimum Gasteiger partial charge on any atom is -0.492 e. The van der Waals surface area contributed by atoms with Gasteiger partial charge in [0.05, 0.1) is 11.9 Å². The van der Waals surface area contributed by atoms with Crippen molar-refractivity contribution in [3.05, 3.63) is 45.8 Å². The number of ether oxygens (including phenoxy) is 1. The van der Waals surface area contributed by atoms with Gasteiger partial charge in [0.15, 0.2) is 0 Å². The summed E-state index contributed by atoms with van der Waals surface area (Å²) in [6.45, 7) is 0.925. The minimum atomic E-state index is -0.337. The van der Waals surface area contributed by atoms with E-state index in [4.69, 9.17) is 22.1 Å². The van der Waals surface area contributed by atoms with Crippen LogP contribution in [0.2, 0.25) is 5.02 Å². The Morgan fingerprint density at radius 2 is 2.10 bits per heavy atom. The maximum absolute atomic E-state index is 11.6. The van der Waals surface area contributed by atoms with Crippen molar-refractivity contribution < 1.29 is 4.74 Å². The van der Waals surface area contributed by atoms with Gasteiger partial charge >= 0.3 is 0 Å². The number of nitrogens with two attached hydrogens (primary N) is 1. The Morgan fingerprint density at radius 1 is 1.40 bits per heavy atom. The summed E-state index contributed by atoms with van der Waals surface area (Å²) in [6, 6.07) is 7.12. The summed E-state index contributed by atoms with van der Waals surface area (Å²) in [6.07, 6.45) is 1.51. The number of rotatable bonds is 5. The number of nitrogens with zero attached hydrogens (tertiary/aromatic N) is 2. The smallest absolute Gasteiger partial charge is 0.287 e. The van der Waals surface area contributed by atoms with Gasteiger partial charge < -0.3 is 15.8 Å². The first-order valence-corrected chi connectivity index (χ1v) is 6.40. The number of aromatic nitrogens is 2. The number of nitrogen functional groups attached to an aromatic ring is 1. The van der Waals surface area contributed by atoms with Crippen LogP contribution in [-0.4, -0.2) is 22.9 Å². The number of halogens is 1. The zero-order valence-corrected chi connectivity index (χ0v) is 11.7. The Hall–Kier alpha value is -2.21. The number of anilines is 2. The van der Waals surface area contributed by atoms with Crippen molar-refractivity contribution in [2.75, 3.05) is 24.2 Å². The second-order valence-corrected chi connectivity index (χ2v) is 4.52. The third-order valence-corrected chi connectivity index (χ3v) is 3.01. The highest BCUT2D eigenvalue weighted by Crippen LogP contribution is 2.15. The molecule has 7 heteroatoms. The first-order valence-electron chi connectivity index (χ1n) is 6.02. The van der Waals surface area contributed by atoms with Crippen LogP contribution < -0.4 is 21.3 Å². The molecule has 0 amide bonds. The maximum Gasteiger partial charge on any atom is 0.287 e. The van der Waals surface area contributed by atoms with E-state index in [9.17, 15) is 4.79 Å². The zero-order valence-electron chi connectivity index (χ0n) is 11.0. The summed E-state index contributed by atoms with van der Waals surface area (Å²) in [5.41, 5.74) is 6.43. The molecule has 1 aromatic heterocycles. The standard InChI is InChI=1S/C13H15ClN4O2/c1-18-13(19)12(14)11(8-17-18)16-6-7-20-10-4-2-9(15)3-5-10/h2-5,8,16H,6-7,15H2,1H3. The van der Waals surface area contributed by atoms with Crippen molar-refractivity contribution in [2.45, 2.75) is 0 Å². The van der Waals surface area contributed by atoms with Crippen LogP contribution in [0.3, 0.4) is 0 Å². The van der Waals surface area contributed by atoms with Crippen LogP contribution in [0.1, 0.15) is 0 Å². The molecule has 3 N–H and O–H groups in total. The molecule has 0 atom stereocenters. The zero-order chi connectivity index (χ0) is 14.5. The van der Waals surface area contributed by atoms with Crippen molar-refractivity contribution in [1.29, 1.82) is 0 Å². The molecular weight excluding hydrogens is 280 g/mol. The van der Waals surface area contributed by atoms with Crippen molar-refractivity contribution in [3.8, 4) is 5.75 Å². The third kappa shape index (κ3) is 3.42. The van der Waals surface area contributed by atoms with E-state index in [1.165, 1.54) is 10.9 Å². The Labute approximate surface area is 121 Å². The van der Waals surface area contributed by atoms with E-state index in [0.29, 0.717) is 24.5 Å². The molecule has 0 fully saturated rings. The molecule has 0 aliphatic carbocycles. The monoisotopic (exact) mass is 294 g/mol. The Morgan fingerprint density at radius 3 is 2.80 bits per heavy atom. The highest BCUT2D eigenvalue weighted by atomic mass is 35.5. The third-order valence-electron chi connectivity index (χ3n) is 2.64. The van der Waals surface area contributed by atoms with Crippen LogP contribution in [0.4, 0.5) is 11.4 Å². The normalized spacial score (nSPS) is 10.3. The van der Waals surface area contributed by atoms with Gasteiger partial charge in [0.25, 0.3) is 5.56 Å². The fraction of sp³-hybridized carbons (Fsp3) is 0.231. The Kier molecular flexibility index (Phi) is 4.47. The van der Waals surface area contributed by atoms with Crippen LogP contribution >= 0.6 is 11.6 Å². The van der Waals surface area contributed by atoms with Gasteiger partial charge in [0.2, 0.25) is 0 Å². The van der Waals surface area contributed by atoms with Gasteiger partial charge in [-0.15, -0.1) is 0 Å². The van der Waals surface area contributed by atoms with Crippen molar-refractivity contribution >= 4 is 23.0 Å². The fourth-order valence-corrected chi connectivity index (χ4v) is 1.79. The summed E-state index contributed by atoms with van der Waals surface area (Å²) in [5.74, 6) is 0.731. The highest BCUT2D eigenvalue weighted by Gasteiger charge is 2.06. The number of hydrogen-bond acceptors (Lipinski definition) is 5. The quantitative estimate of drug-likeness (QED) is 0.645. The van der Waals surface area contributed by atoms with Gasteiger partial charge in [0.1, 0.15) is 17.4 Å². The maximum atomic E-state index is 11.6. The Bertz CT molecular complexity index is 640. The number of hydrogen-bond donors (Lipinski definition) is 2. The molecule has 2 rings (SSSR count). The van der Waals surface area contributed by atoms with Gasteiger partial charge in [-0.25, -0.2) is 4.68 Å². The summed E-state index contributed by atoms with van der Waals surface area (Å²) in [7, 11) is 1.54. The average Bonchev–Trinajstić information content (AvgIpc) is 2.45. The first kappa shape index (κ1) is 14.2. The average molecular weight is 295 g/mol. The van der Waals surface area contributed by atoms with Crippen molar-refractivity contribution in [1.82, 2.24) is 9.78 Å². The van der Waals surface area contributed by atoms with E-state index in [2.05, 4.69) is 10.4 Å². The van der Waals surface area contributed by atoms with Crippen molar-refractivity contribution in [3.63, 3.8) is 0 Å². The largest absolute Gasteiger partial charge is 0.492 e. The predicted octanol–water partition coefficient (Wildman–Crippen LogP) is 1.51. The molecule has 0 unspecified atom stereocenters. The molecule has 1 heterocycles. The second kappa shape index (κ2) is 6.29. The SMILES string of the molecule is Cn1ncc(NCCOc2ccc(N)cc2)c(Cl)c1=O. The lowest BCUT2D eigenvalue weighted by molar-refractivity contribution is 0.333. The molecule has 6 nitrogen and oxygen atoms in total. The van der Waals surface area contributed by atoms with Gasteiger partial charge in [-0.05, 0) is 24.3 Å². The predicted molar refractivity (Wildman–Crippen MR) is 79.3 cm³/mol. The van der Waals surface area contributed by atoms with Crippen LogP contribution in [0.25, 0.3) is 0 Å². The molecule has 0 saturated heterocycles. The number of benzene rings is 1. The second-order valence-electron chi connectivity index (χ2n) is 4.15. The molecule has 0 saturated carbocycles. The molecule has 1 aromatic carbocycles. The van der Waals surface area contributed by atoms with Gasteiger partial charge in [-0.2, -0.15) is 5.10 Å². The summed E-state index contributed by atoms with van der Waals surface area (Å²) in [4.78, 5) is 11.6. The molecule has 0 spiro atoms. The molecule has 0 aliphatic heterocycles. The lowest BCUT2D eigenvalue weighted by atomic mass is 10.3. The van der Waals surface area contributed by atoms with E-state index in [0.717, 1.165) is 5.75 Å². The summed E-state index contributed by atoms with van der Waals surface area (Å²) >= 11 is 5.92. The van der Waals surface area contributed by atoms with E-state index in [1.54, 1.807) is 31.3 Å². The van der Waals surface area contributed by atoms with E-state index in [-0.39, 0.29) is 10.6 Å². The Balaban J connectivity index is 1.86. The molecule has 2 aromatic rings. The lowest BCUT2D eigenvalue weighted by Gasteiger charge is -2.10. The van der Waals surface area contributed by atoms with Gasteiger partial charge in [-0.3, -0.25) is 4.79 Å². The molecule has 0 bridgehead atoms. The van der Waals surface area contributed by atoms with Gasteiger partial charge in [-0.1, -0.05) is 11.6 Å². The topological polar surface area (TPSA) is 82.2 Å². The van der Waals surface area contributed by atoms with Gasteiger partial charge in [0, 0.05) is 19.3 Å². The lowest BCUT2D eigenvalue weighted by Crippen LogP contribution is -2.22. The summed E-state index contributed by atoms with van der Waals surface area (Å²) in [5, 5.41) is 7.01. The van der Waals surface area contributed by atoms with Crippen LogP contribution in [0.5, 0.6) is 5.75 Å². The molecule has 0 radical (unpaired) electrons. The number of aryl methyl sites for hydroxylation is 1. The molecule has 106 valence electrons. The minimum absolute atomic E-state index is 0.120. The van der Waals surface area contributed by atoms with E-state index in [1.807, 2.05) is 0 Å². The fourth-order valence-electron chi connectivity index (χ4n) is 1.55. The number of nitrogens with one attached hydrogen (secondary N) is 1. The summed E-state index contributed by atoms with van der Waals surface area (Å²) < 4.78 is 6.69. The first-order chi connectivity index (χ1) is 9.58. The van der Waals surface area contributed by atoms with Crippen LogP contribution in [0, 0.1) is 0 Å². The van der Waals surface area contributed by atoms with E-state index < -0.39 is 0 Å². The molecular formula is C13H15ClN4O2. The van der Waals surface area contributed by atoms with Crippen molar-refractivity contribution in [2.24, 2.45) is 7.05 Å². The van der Waals surface area contributed by atoms with Crippen LogP contribution in [-0.2, 0) is 7.05 Å². The molecule has 20 heavy (non-hydrogen) atoms. The molecule has 0 aliphatic rings. The van der Waals surface area contributed by atoms with Crippen LogP contribution in [0.15, 0.2) is 35.3 Å². The van der Waals surface area contributed by atoms with E-state index >= 15 is 0 Å². The highest BCUT2D eigenvalue weighted by molar-refractivity contribution is 6.32.